The minimum absolute atomic E-state index is 0.894. The number of hydrogen-bond donors (Lipinski definition) is 1. The van der Waals surface area contributed by atoms with Crippen molar-refractivity contribution < 1.29 is 9.05 Å². The van der Waals surface area contributed by atoms with Crippen LogP contribution in [0.5, 0.6) is 0 Å². The SMILES string of the molecule is Cc1noc2c1-c1ccccc1N(C)CC2.Cc1noc2c1-c1ccccc1NCC2. The third-order valence-corrected chi connectivity index (χ3v) is 5.99. The Morgan fingerprint density at radius 2 is 1.42 bits per heavy atom. The number of fused-ring (bicyclic) bond motifs is 6. The van der Waals surface area contributed by atoms with E-state index in [1.165, 1.54) is 28.1 Å². The lowest BCUT2D eigenvalue weighted by atomic mass is 10.0. The van der Waals surface area contributed by atoms with E-state index in [4.69, 9.17) is 9.05 Å². The van der Waals surface area contributed by atoms with Crippen molar-refractivity contribution in [3.8, 4) is 22.3 Å². The Hall–Kier alpha value is -3.54. The third kappa shape index (κ3) is 3.48. The monoisotopic (exact) mass is 414 g/mol. The Morgan fingerprint density at radius 1 is 0.806 bits per heavy atom. The van der Waals surface area contributed by atoms with E-state index in [-0.39, 0.29) is 0 Å². The number of nitrogens with zero attached hydrogens (tertiary/aromatic N) is 3. The lowest BCUT2D eigenvalue weighted by molar-refractivity contribution is 0.381. The van der Waals surface area contributed by atoms with Gasteiger partial charge in [-0.25, -0.2) is 0 Å². The van der Waals surface area contributed by atoms with Crippen LogP contribution in [0.15, 0.2) is 57.6 Å². The molecule has 0 bridgehead atoms. The molecule has 158 valence electrons. The maximum atomic E-state index is 5.40. The van der Waals surface area contributed by atoms with Crippen molar-refractivity contribution in [3.05, 3.63) is 71.4 Å². The molecule has 2 aromatic carbocycles. The molecular weight excluding hydrogens is 388 g/mol. The van der Waals surface area contributed by atoms with Crippen molar-refractivity contribution in [3.63, 3.8) is 0 Å². The summed E-state index contributed by atoms with van der Waals surface area (Å²) in [5.41, 5.74) is 9.16. The van der Waals surface area contributed by atoms with Crippen molar-refractivity contribution in [1.82, 2.24) is 10.3 Å². The van der Waals surface area contributed by atoms with Gasteiger partial charge < -0.3 is 19.3 Å². The highest BCUT2D eigenvalue weighted by molar-refractivity contribution is 5.82. The van der Waals surface area contributed by atoms with Gasteiger partial charge in [-0.2, -0.15) is 0 Å². The van der Waals surface area contributed by atoms with E-state index in [0.29, 0.717) is 0 Å². The minimum Gasteiger partial charge on any atom is -0.384 e. The highest BCUT2D eigenvalue weighted by Gasteiger charge is 2.23. The third-order valence-electron chi connectivity index (χ3n) is 5.99. The summed E-state index contributed by atoms with van der Waals surface area (Å²) < 4.78 is 10.7. The van der Waals surface area contributed by atoms with Gasteiger partial charge in [0.05, 0.1) is 11.4 Å². The molecular formula is C25H26N4O2. The van der Waals surface area contributed by atoms with Crippen molar-refractivity contribution in [2.75, 3.05) is 30.4 Å². The van der Waals surface area contributed by atoms with E-state index >= 15 is 0 Å². The van der Waals surface area contributed by atoms with Crippen LogP contribution in [0, 0.1) is 13.8 Å². The predicted octanol–water partition coefficient (Wildman–Crippen LogP) is 5.26. The quantitative estimate of drug-likeness (QED) is 0.423. The molecule has 2 aliphatic heterocycles. The standard InChI is InChI=1S/C13H14N2O.C12H12N2O/c1-9-13-10-5-3-4-6-11(10)15(2)8-7-12(13)16-14-9;1-8-12-9-4-2-3-5-10(9)13-7-6-11(12)15-14-8/h3-6H,7-8H2,1-2H3;2-5,13H,6-7H2,1H3. The number of nitrogens with one attached hydrogen (secondary N) is 1. The van der Waals surface area contributed by atoms with Crippen LogP contribution in [-0.4, -0.2) is 30.5 Å². The van der Waals surface area contributed by atoms with Crippen molar-refractivity contribution in [1.29, 1.82) is 0 Å². The zero-order valence-electron chi connectivity index (χ0n) is 18.1. The Labute approximate surface area is 181 Å². The maximum Gasteiger partial charge on any atom is 0.146 e. The van der Waals surface area contributed by atoms with E-state index in [0.717, 1.165) is 54.4 Å². The molecule has 6 nitrogen and oxygen atoms in total. The summed E-state index contributed by atoms with van der Waals surface area (Å²) in [6.07, 6.45) is 1.81. The first-order valence-corrected chi connectivity index (χ1v) is 10.7. The Bertz CT molecular complexity index is 1220. The Morgan fingerprint density at radius 3 is 2.19 bits per heavy atom. The molecule has 4 heterocycles. The van der Waals surface area contributed by atoms with E-state index in [9.17, 15) is 0 Å². The zero-order valence-corrected chi connectivity index (χ0v) is 18.1. The zero-order chi connectivity index (χ0) is 21.4. The van der Waals surface area contributed by atoms with Crippen LogP contribution in [0.3, 0.4) is 0 Å². The highest BCUT2D eigenvalue weighted by atomic mass is 16.5. The predicted molar refractivity (Wildman–Crippen MR) is 123 cm³/mol. The van der Waals surface area contributed by atoms with Gasteiger partial charge in [-0.1, -0.05) is 46.7 Å². The lowest BCUT2D eigenvalue weighted by Crippen LogP contribution is -2.18. The second-order valence-corrected chi connectivity index (χ2v) is 8.04. The summed E-state index contributed by atoms with van der Waals surface area (Å²) >= 11 is 0. The van der Waals surface area contributed by atoms with Crippen LogP contribution >= 0.6 is 0 Å². The Kier molecular flexibility index (Phi) is 4.98. The molecule has 0 saturated heterocycles. The summed E-state index contributed by atoms with van der Waals surface area (Å²) in [7, 11) is 2.12. The van der Waals surface area contributed by atoms with Crippen LogP contribution in [0.2, 0.25) is 0 Å². The number of anilines is 2. The van der Waals surface area contributed by atoms with Gasteiger partial charge in [0.1, 0.15) is 11.5 Å². The molecule has 0 amide bonds. The van der Waals surface area contributed by atoms with Gasteiger partial charge in [0.25, 0.3) is 0 Å². The summed E-state index contributed by atoms with van der Waals surface area (Å²) in [6, 6.07) is 16.7. The van der Waals surface area contributed by atoms with Gasteiger partial charge in [0.2, 0.25) is 0 Å². The van der Waals surface area contributed by atoms with Crippen LogP contribution < -0.4 is 10.2 Å². The van der Waals surface area contributed by atoms with Crippen LogP contribution in [0.4, 0.5) is 11.4 Å². The second-order valence-electron chi connectivity index (χ2n) is 8.04. The smallest absolute Gasteiger partial charge is 0.146 e. The average Bonchev–Trinajstić information content (AvgIpc) is 3.22. The summed E-state index contributed by atoms with van der Waals surface area (Å²) in [6.45, 7) is 5.87. The lowest BCUT2D eigenvalue weighted by Gasteiger charge is -2.18. The molecule has 6 heteroatoms. The van der Waals surface area contributed by atoms with E-state index in [2.05, 4.69) is 64.0 Å². The number of aryl methyl sites for hydroxylation is 2. The van der Waals surface area contributed by atoms with Crippen LogP contribution in [-0.2, 0) is 12.8 Å². The van der Waals surface area contributed by atoms with Gasteiger partial charge in [0, 0.05) is 66.6 Å². The van der Waals surface area contributed by atoms with Gasteiger partial charge >= 0.3 is 0 Å². The molecule has 0 saturated carbocycles. The molecule has 1 N–H and O–H groups in total. The van der Waals surface area contributed by atoms with Gasteiger partial charge in [-0.15, -0.1) is 0 Å². The molecule has 4 aromatic rings. The molecule has 31 heavy (non-hydrogen) atoms. The Balaban J connectivity index is 0.000000132. The molecule has 0 unspecified atom stereocenters. The molecule has 0 aliphatic carbocycles. The number of benzene rings is 2. The first kappa shape index (κ1) is 19.4. The highest BCUT2D eigenvalue weighted by Crippen LogP contribution is 2.37. The first-order chi connectivity index (χ1) is 15.1. The molecule has 0 spiro atoms. The maximum absolute atomic E-state index is 5.40. The molecule has 2 aliphatic rings. The summed E-state index contributed by atoms with van der Waals surface area (Å²) in [5.74, 6) is 2.00. The van der Waals surface area contributed by atoms with Gasteiger partial charge in [-0.3, -0.25) is 0 Å². The average molecular weight is 415 g/mol. The normalized spacial score (nSPS) is 14.0. The fourth-order valence-corrected chi connectivity index (χ4v) is 4.44. The number of rotatable bonds is 0. The van der Waals surface area contributed by atoms with Crippen LogP contribution in [0.25, 0.3) is 22.3 Å². The fourth-order valence-electron chi connectivity index (χ4n) is 4.44. The fraction of sp³-hybridized carbons (Fsp3) is 0.280. The number of likely N-dealkylation sites (N-methyl/N-ethyl adjacent to an activating group) is 1. The van der Waals surface area contributed by atoms with Crippen molar-refractivity contribution in [2.45, 2.75) is 26.7 Å². The molecule has 0 radical (unpaired) electrons. The van der Waals surface area contributed by atoms with Crippen molar-refractivity contribution >= 4 is 11.4 Å². The van der Waals surface area contributed by atoms with E-state index < -0.39 is 0 Å². The first-order valence-electron chi connectivity index (χ1n) is 10.7. The largest absolute Gasteiger partial charge is 0.384 e. The topological polar surface area (TPSA) is 67.3 Å². The van der Waals surface area contributed by atoms with Gasteiger partial charge in [-0.05, 0) is 26.0 Å². The molecule has 0 atom stereocenters. The number of hydrogen-bond acceptors (Lipinski definition) is 6. The number of aromatic nitrogens is 2. The summed E-state index contributed by atoms with van der Waals surface area (Å²) in [5, 5.41) is 11.5. The van der Waals surface area contributed by atoms with E-state index in [1.54, 1.807) is 0 Å². The van der Waals surface area contributed by atoms with Gasteiger partial charge in [0.15, 0.2) is 0 Å². The van der Waals surface area contributed by atoms with Crippen LogP contribution in [0.1, 0.15) is 22.9 Å². The summed E-state index contributed by atoms with van der Waals surface area (Å²) in [4.78, 5) is 2.27. The molecule has 2 aromatic heterocycles. The second kappa shape index (κ2) is 7.95. The van der Waals surface area contributed by atoms with E-state index in [1.807, 2.05) is 26.0 Å². The minimum atomic E-state index is 0.894. The number of para-hydroxylation sites is 2. The molecule has 6 rings (SSSR count). The van der Waals surface area contributed by atoms with Crippen molar-refractivity contribution in [2.24, 2.45) is 0 Å². The molecule has 0 fully saturated rings.